The van der Waals surface area contributed by atoms with Crippen molar-refractivity contribution in [2.45, 2.75) is 66.2 Å². The third-order valence-electron chi connectivity index (χ3n) is 1.21. The van der Waals surface area contributed by atoms with E-state index in [0.29, 0.717) is 6.90 Å². The van der Waals surface area contributed by atoms with Crippen molar-refractivity contribution in [3.63, 3.8) is 0 Å². The van der Waals surface area contributed by atoms with Gasteiger partial charge in [-0.05, 0) is 0 Å². The van der Waals surface area contributed by atoms with Gasteiger partial charge in [0, 0.05) is 1.37 Å². The summed E-state index contributed by atoms with van der Waals surface area (Å²) in [6.07, 6.45) is 7.99. The molecule has 0 radical (unpaired) electrons. The molecule has 0 N–H and O–H groups in total. The lowest BCUT2D eigenvalue weighted by atomic mass is 10.2. The lowest BCUT2D eigenvalue weighted by Gasteiger charge is -1.90. The van der Waals surface area contributed by atoms with Gasteiger partial charge in [-0.3, -0.25) is 0 Å². The fourth-order valence-corrected chi connectivity index (χ4v) is 0.677. The van der Waals surface area contributed by atoms with Gasteiger partial charge in [0.05, 0.1) is 0 Å². The molecule has 0 aromatic rings. The topological polar surface area (TPSA) is 0 Å². The van der Waals surface area contributed by atoms with Crippen LogP contribution >= 0.6 is 0 Å². The summed E-state index contributed by atoms with van der Waals surface area (Å²) in [5.41, 5.74) is 0. The first-order valence-electron chi connectivity index (χ1n) is 5.33. The molecule has 0 aliphatic rings. The zero-order valence-electron chi connectivity index (χ0n) is 8.95. The van der Waals surface area contributed by atoms with E-state index in [-0.39, 0.29) is 0 Å². The molecule has 0 aromatic heterocycles. The molecule has 64 valence electrons. The molecule has 0 aliphatic heterocycles. The Morgan fingerprint density at radius 1 is 0.900 bits per heavy atom. The first-order valence-corrected chi connectivity index (χ1v) is 4.62. The third kappa shape index (κ3) is 24.5. The van der Waals surface area contributed by atoms with E-state index in [1.807, 2.05) is 6.92 Å². The van der Waals surface area contributed by atoms with E-state index in [9.17, 15) is 0 Å². The number of unbranched alkanes of at least 4 members (excludes halogenated alkanes) is 4. The van der Waals surface area contributed by atoms with Crippen LogP contribution in [0.15, 0.2) is 0 Å². The maximum absolute atomic E-state index is 6.45. The van der Waals surface area contributed by atoms with Gasteiger partial charge in [0.1, 0.15) is 0 Å². The monoisotopic (exact) mass is 146 g/mol. The van der Waals surface area contributed by atoms with Gasteiger partial charge in [0.15, 0.2) is 0 Å². The second-order valence-electron chi connectivity index (χ2n) is 2.56. The number of hydrogen-bond donors (Lipinski definition) is 0. The fourth-order valence-electron chi connectivity index (χ4n) is 0.677. The van der Waals surface area contributed by atoms with Crippen molar-refractivity contribution in [1.82, 2.24) is 0 Å². The van der Waals surface area contributed by atoms with E-state index in [4.69, 9.17) is 1.37 Å². The normalized spacial score (nSPS) is 9.70. The van der Waals surface area contributed by atoms with Gasteiger partial charge in [-0.1, -0.05) is 66.2 Å². The minimum absolute atomic E-state index is 0.569. The van der Waals surface area contributed by atoms with Crippen LogP contribution < -0.4 is 0 Å². The van der Waals surface area contributed by atoms with Crippen molar-refractivity contribution in [2.24, 2.45) is 0 Å². The van der Waals surface area contributed by atoms with Crippen LogP contribution in [-0.4, -0.2) is 0 Å². The molecule has 10 heavy (non-hydrogen) atoms. The van der Waals surface area contributed by atoms with Gasteiger partial charge in [-0.25, -0.2) is 0 Å². The first kappa shape index (κ1) is 10.0. The fraction of sp³-hybridized carbons (Fsp3) is 1.00. The van der Waals surface area contributed by atoms with E-state index in [0.717, 1.165) is 6.42 Å². The summed E-state index contributed by atoms with van der Waals surface area (Å²) in [4.78, 5) is 0. The molecule has 0 heteroatoms. The molecule has 0 spiro atoms. The first-order chi connectivity index (χ1) is 5.33. The summed E-state index contributed by atoms with van der Waals surface area (Å²) in [7, 11) is 0. The van der Waals surface area contributed by atoms with Crippen molar-refractivity contribution >= 4 is 0 Å². The van der Waals surface area contributed by atoms with E-state index in [1.165, 1.54) is 32.1 Å². The van der Waals surface area contributed by atoms with Gasteiger partial charge in [-0.15, -0.1) is 0 Å². The molecule has 0 aromatic carbocycles. The maximum Gasteiger partial charge on any atom is 0.0230 e. The van der Waals surface area contributed by atoms with Crippen molar-refractivity contribution in [3.8, 4) is 0 Å². The second kappa shape index (κ2) is 16.0. The Morgan fingerprint density at radius 2 is 1.30 bits per heavy atom. The average Bonchev–Trinajstić information content (AvgIpc) is 2.06. The Labute approximate surface area is 68.4 Å². The van der Waals surface area contributed by atoms with Crippen LogP contribution in [0.1, 0.15) is 67.6 Å². The van der Waals surface area contributed by atoms with Crippen molar-refractivity contribution in [1.29, 1.82) is 0 Å². The molecule has 0 saturated carbocycles. The van der Waals surface area contributed by atoms with Gasteiger partial charge in [-0.2, -0.15) is 0 Å². The Kier molecular flexibility index (Phi) is 16.0. The quantitative estimate of drug-likeness (QED) is 0.516. The number of hydrogen-bond acceptors (Lipinski definition) is 0. The Morgan fingerprint density at radius 3 is 1.50 bits per heavy atom. The van der Waals surface area contributed by atoms with E-state index in [2.05, 4.69) is 13.8 Å². The Hall–Kier alpha value is 0. The predicted molar refractivity (Wildman–Crippen MR) is 50.4 cm³/mol. The highest BCUT2D eigenvalue weighted by atomic mass is 13.9. The van der Waals surface area contributed by atoms with Gasteiger partial charge < -0.3 is 0 Å². The summed E-state index contributed by atoms with van der Waals surface area (Å²) in [5, 5.41) is 0. The van der Waals surface area contributed by atoms with Crippen molar-refractivity contribution in [3.05, 3.63) is 0 Å². The number of rotatable bonds is 4. The summed E-state index contributed by atoms with van der Waals surface area (Å²) in [6, 6.07) is 0. The van der Waals surface area contributed by atoms with Crippen molar-refractivity contribution in [2.75, 3.05) is 0 Å². The van der Waals surface area contributed by atoms with Crippen LogP contribution in [0, 0.1) is 0 Å². The van der Waals surface area contributed by atoms with Crippen LogP contribution in [-0.2, 0) is 0 Å². The highest BCUT2D eigenvalue weighted by molar-refractivity contribution is 4.35. The van der Waals surface area contributed by atoms with E-state index < -0.39 is 0 Å². The maximum atomic E-state index is 6.45. The van der Waals surface area contributed by atoms with Gasteiger partial charge in [0.25, 0.3) is 0 Å². The van der Waals surface area contributed by atoms with E-state index >= 15 is 0 Å². The summed E-state index contributed by atoms with van der Waals surface area (Å²) < 4.78 is 6.45. The summed E-state index contributed by atoms with van der Waals surface area (Å²) in [5.74, 6) is 0. The molecule has 0 nitrogen and oxygen atoms in total. The third-order valence-corrected chi connectivity index (χ3v) is 1.21. The largest absolute Gasteiger partial charge is 0.0656 e. The zero-order valence-corrected chi connectivity index (χ0v) is 7.95. The summed E-state index contributed by atoms with van der Waals surface area (Å²) in [6.45, 7) is 7.05. The molecule has 0 amide bonds. The SMILES string of the molecule is CCCCCCC.[3H]CCC. The molecule has 0 bridgehead atoms. The van der Waals surface area contributed by atoms with Crippen LogP contribution in [0.5, 0.6) is 0 Å². The van der Waals surface area contributed by atoms with Crippen LogP contribution in [0.3, 0.4) is 0 Å². The zero-order chi connectivity index (χ0) is 8.95. The molecule has 0 heterocycles. The molecule has 0 rings (SSSR count). The van der Waals surface area contributed by atoms with Crippen molar-refractivity contribution < 1.29 is 1.37 Å². The minimum Gasteiger partial charge on any atom is -0.0656 e. The lowest BCUT2D eigenvalue weighted by molar-refractivity contribution is 0.656. The lowest BCUT2D eigenvalue weighted by Crippen LogP contribution is -1.70. The Balaban J connectivity index is 0. The van der Waals surface area contributed by atoms with Gasteiger partial charge >= 0.3 is 0 Å². The van der Waals surface area contributed by atoms with Crippen LogP contribution in [0.2, 0.25) is 0 Å². The molecular formula is C10H24. The van der Waals surface area contributed by atoms with E-state index in [1.54, 1.807) is 0 Å². The Bertz CT molecular complexity index is 38.1. The molecule has 0 unspecified atom stereocenters. The van der Waals surface area contributed by atoms with Crippen LogP contribution in [0.25, 0.3) is 0 Å². The minimum atomic E-state index is 0.569. The highest BCUT2D eigenvalue weighted by Crippen LogP contribution is 2.00. The van der Waals surface area contributed by atoms with Gasteiger partial charge in [0.2, 0.25) is 0 Å². The standard InChI is InChI=1S/C7H16.C3H8/c1-3-5-7-6-4-2;1-3-2/h3-7H2,1-2H3;3H2,1-2H3/i;1T. The second-order valence-corrected chi connectivity index (χ2v) is 2.56. The molecule has 0 atom stereocenters. The molecule has 0 saturated heterocycles. The molecule has 0 aliphatic carbocycles. The average molecular weight is 146 g/mol. The predicted octanol–water partition coefficient (Wildman–Crippen LogP) is 4.39. The molecular weight excluding hydrogens is 120 g/mol. The van der Waals surface area contributed by atoms with Crippen LogP contribution in [0.4, 0.5) is 0 Å². The smallest absolute Gasteiger partial charge is 0.0230 e. The molecule has 0 fully saturated rings. The summed E-state index contributed by atoms with van der Waals surface area (Å²) >= 11 is 0. The highest BCUT2D eigenvalue weighted by Gasteiger charge is 1.80.